The van der Waals surface area contributed by atoms with E-state index in [0.717, 1.165) is 0 Å². The number of para-hydroxylation sites is 1. The molecule has 1 atom stereocenters. The molecule has 0 aliphatic carbocycles. The molecule has 0 radical (unpaired) electrons. The highest BCUT2D eigenvalue weighted by molar-refractivity contribution is 5.85. The van der Waals surface area contributed by atoms with E-state index in [4.69, 9.17) is 9.95 Å². The van der Waals surface area contributed by atoms with Crippen molar-refractivity contribution in [2.45, 2.75) is 18.9 Å². The Hall–Kier alpha value is -3.57. The molecule has 1 heterocycles. The molecule has 1 unspecified atom stereocenters. The van der Waals surface area contributed by atoms with E-state index in [9.17, 15) is 14.7 Å². The number of fused-ring (bicyclic) bond motifs is 1. The minimum absolute atomic E-state index is 0.199. The van der Waals surface area contributed by atoms with Crippen molar-refractivity contribution in [3.63, 3.8) is 0 Å². The number of azide groups is 1. The Bertz CT molecular complexity index is 1080. The Morgan fingerprint density at radius 3 is 2.50 bits per heavy atom. The summed E-state index contributed by atoms with van der Waals surface area (Å²) < 4.78 is 5.32. The van der Waals surface area contributed by atoms with Crippen molar-refractivity contribution in [3.8, 4) is 5.75 Å². The summed E-state index contributed by atoms with van der Waals surface area (Å²) in [5.41, 5.74) is 6.94. The first-order valence-corrected chi connectivity index (χ1v) is 7.86. The first-order valence-electron chi connectivity index (χ1n) is 7.86. The van der Waals surface area contributed by atoms with Crippen LogP contribution in [0.5, 0.6) is 5.75 Å². The molecule has 0 saturated carbocycles. The molecule has 0 aliphatic rings. The fourth-order valence-electron chi connectivity index (χ4n) is 3.13. The quantitative estimate of drug-likeness (QED) is 0.324. The molecule has 0 amide bonds. The second-order valence-corrected chi connectivity index (χ2v) is 5.90. The Kier molecular flexibility index (Phi) is 4.47. The minimum atomic E-state index is -1.71. The third kappa shape index (κ3) is 2.81. The van der Waals surface area contributed by atoms with Gasteiger partial charge in [-0.1, -0.05) is 47.6 Å². The van der Waals surface area contributed by atoms with Crippen LogP contribution in [-0.2, 0) is 10.3 Å². The molecule has 7 heteroatoms. The van der Waals surface area contributed by atoms with Gasteiger partial charge in [-0.15, -0.1) is 0 Å². The molecule has 3 aromatic rings. The topological polar surface area (TPSA) is 116 Å². The lowest BCUT2D eigenvalue weighted by Crippen LogP contribution is -2.33. The van der Waals surface area contributed by atoms with Gasteiger partial charge in [0.1, 0.15) is 22.7 Å². The number of ketones is 1. The summed E-state index contributed by atoms with van der Waals surface area (Å²) in [6.45, 7) is 1.32. The second kappa shape index (κ2) is 6.74. The van der Waals surface area contributed by atoms with E-state index >= 15 is 0 Å². The highest BCUT2D eigenvalue weighted by Gasteiger charge is 2.41. The van der Waals surface area contributed by atoms with Gasteiger partial charge >= 0.3 is 5.63 Å². The Balaban J connectivity index is 2.47. The van der Waals surface area contributed by atoms with E-state index < -0.39 is 11.2 Å². The van der Waals surface area contributed by atoms with Gasteiger partial charge in [0.15, 0.2) is 0 Å². The van der Waals surface area contributed by atoms with Gasteiger partial charge in [-0.25, -0.2) is 4.79 Å². The van der Waals surface area contributed by atoms with E-state index in [-0.39, 0.29) is 29.1 Å². The summed E-state index contributed by atoms with van der Waals surface area (Å²) in [5, 5.41) is 14.9. The van der Waals surface area contributed by atoms with Gasteiger partial charge in [-0.3, -0.25) is 4.79 Å². The Morgan fingerprint density at radius 2 is 1.85 bits per heavy atom. The van der Waals surface area contributed by atoms with Crippen LogP contribution in [0.3, 0.4) is 0 Å². The Labute approximate surface area is 148 Å². The minimum Gasteiger partial charge on any atom is -0.507 e. The average molecular weight is 349 g/mol. The molecule has 0 fully saturated rings. The van der Waals surface area contributed by atoms with Crippen molar-refractivity contribution in [2.75, 3.05) is 0 Å². The molecule has 0 aliphatic heterocycles. The van der Waals surface area contributed by atoms with Crippen LogP contribution in [0.1, 0.15) is 24.5 Å². The summed E-state index contributed by atoms with van der Waals surface area (Å²) in [7, 11) is 0. The summed E-state index contributed by atoms with van der Waals surface area (Å²) in [6.07, 6.45) is -0.294. The van der Waals surface area contributed by atoms with Crippen molar-refractivity contribution in [3.05, 3.63) is 86.6 Å². The van der Waals surface area contributed by atoms with E-state index in [2.05, 4.69) is 10.0 Å². The number of aromatic hydroxyl groups is 1. The van der Waals surface area contributed by atoms with Crippen LogP contribution >= 0.6 is 0 Å². The van der Waals surface area contributed by atoms with E-state index in [1.807, 2.05) is 0 Å². The molecule has 130 valence electrons. The van der Waals surface area contributed by atoms with Crippen LogP contribution in [0, 0.1) is 0 Å². The number of rotatable bonds is 5. The molecule has 7 nitrogen and oxygen atoms in total. The fourth-order valence-corrected chi connectivity index (χ4v) is 3.13. The van der Waals surface area contributed by atoms with E-state index in [0.29, 0.717) is 10.9 Å². The summed E-state index contributed by atoms with van der Waals surface area (Å²) in [4.78, 5) is 27.5. The highest BCUT2D eigenvalue weighted by Crippen LogP contribution is 2.42. The molecule has 0 saturated heterocycles. The van der Waals surface area contributed by atoms with Gasteiger partial charge in [0, 0.05) is 11.3 Å². The number of hydrogen-bond donors (Lipinski definition) is 1. The monoisotopic (exact) mass is 349 g/mol. The van der Waals surface area contributed by atoms with Gasteiger partial charge in [0.05, 0.1) is 10.9 Å². The van der Waals surface area contributed by atoms with Crippen LogP contribution in [0.2, 0.25) is 0 Å². The van der Waals surface area contributed by atoms with Crippen LogP contribution in [0.25, 0.3) is 21.4 Å². The predicted molar refractivity (Wildman–Crippen MR) is 95.8 cm³/mol. The third-order valence-corrected chi connectivity index (χ3v) is 4.17. The summed E-state index contributed by atoms with van der Waals surface area (Å²) in [5.74, 6) is -0.678. The summed E-state index contributed by atoms with van der Waals surface area (Å²) >= 11 is 0. The molecule has 0 spiro atoms. The van der Waals surface area contributed by atoms with E-state index in [1.165, 1.54) is 6.92 Å². The highest BCUT2D eigenvalue weighted by atomic mass is 16.4. The van der Waals surface area contributed by atoms with Gasteiger partial charge < -0.3 is 9.52 Å². The molecular weight excluding hydrogens is 334 g/mol. The maximum absolute atomic E-state index is 12.7. The van der Waals surface area contributed by atoms with Crippen molar-refractivity contribution in [2.24, 2.45) is 5.11 Å². The van der Waals surface area contributed by atoms with Gasteiger partial charge in [-0.05, 0) is 30.2 Å². The number of hydrogen-bond acceptors (Lipinski definition) is 5. The van der Waals surface area contributed by atoms with Crippen LogP contribution < -0.4 is 5.63 Å². The molecule has 1 aromatic heterocycles. The zero-order chi connectivity index (χ0) is 18.7. The van der Waals surface area contributed by atoms with Gasteiger partial charge in [-0.2, -0.15) is 0 Å². The largest absolute Gasteiger partial charge is 0.507 e. The first kappa shape index (κ1) is 17.3. The third-order valence-electron chi connectivity index (χ3n) is 4.17. The fraction of sp³-hybridized carbons (Fsp3) is 0.158. The van der Waals surface area contributed by atoms with Crippen molar-refractivity contribution < 1.29 is 14.3 Å². The van der Waals surface area contributed by atoms with Gasteiger partial charge in [0.25, 0.3) is 0 Å². The number of Topliss-reactive ketones (excluding diaryl/α,β-unsaturated/α-hetero) is 1. The van der Waals surface area contributed by atoms with Crippen LogP contribution in [-0.4, -0.2) is 10.9 Å². The van der Waals surface area contributed by atoms with Crippen molar-refractivity contribution in [1.82, 2.24) is 0 Å². The lowest BCUT2D eigenvalue weighted by Gasteiger charge is -2.28. The molecule has 3 rings (SSSR count). The van der Waals surface area contributed by atoms with Crippen LogP contribution in [0.15, 0.2) is 68.9 Å². The number of carbonyl (C=O) groups excluding carboxylic acids is 1. The second-order valence-electron chi connectivity index (χ2n) is 5.90. The SMILES string of the molecule is CC(=O)CC(N=[N+]=[N-])(c1ccccc1)c1c(O)c2ccccc2oc1=O. The summed E-state index contributed by atoms with van der Waals surface area (Å²) in [6, 6.07) is 14.9. The van der Waals surface area contributed by atoms with Gasteiger partial charge in [0.2, 0.25) is 0 Å². The predicted octanol–water partition coefficient (Wildman–Crippen LogP) is 4.03. The smallest absolute Gasteiger partial charge is 0.344 e. The maximum atomic E-state index is 12.7. The normalized spacial score (nSPS) is 13.0. The zero-order valence-corrected chi connectivity index (χ0v) is 13.9. The Morgan fingerprint density at radius 1 is 1.19 bits per heavy atom. The molecule has 26 heavy (non-hydrogen) atoms. The van der Waals surface area contributed by atoms with Crippen molar-refractivity contribution in [1.29, 1.82) is 0 Å². The maximum Gasteiger partial charge on any atom is 0.344 e. The molecule has 2 aromatic carbocycles. The molecular formula is C19H15N3O4. The number of benzene rings is 2. The number of nitrogens with zero attached hydrogens (tertiary/aromatic N) is 3. The standard InChI is InChI=1S/C19H15N3O4/c1-12(23)11-19(21-22-20,13-7-3-2-4-8-13)16-17(24)14-9-5-6-10-15(14)26-18(16)25/h2-10,24H,11H2,1H3. The molecule has 0 bridgehead atoms. The zero-order valence-electron chi connectivity index (χ0n) is 13.9. The lowest BCUT2D eigenvalue weighted by molar-refractivity contribution is -0.117. The first-order chi connectivity index (χ1) is 12.5. The van der Waals surface area contributed by atoms with Crippen molar-refractivity contribution >= 4 is 16.8 Å². The lowest BCUT2D eigenvalue weighted by atomic mass is 9.79. The van der Waals surface area contributed by atoms with Crippen LogP contribution in [0.4, 0.5) is 0 Å². The van der Waals surface area contributed by atoms with E-state index in [1.54, 1.807) is 54.6 Å². The average Bonchev–Trinajstić information content (AvgIpc) is 2.62. The number of carbonyl (C=O) groups is 1. The molecule has 1 N–H and O–H groups in total.